The summed E-state index contributed by atoms with van der Waals surface area (Å²) in [5, 5.41) is 0. The Kier molecular flexibility index (Phi) is 5.65. The van der Waals surface area contributed by atoms with E-state index in [0.717, 1.165) is 31.8 Å². The number of amides is 1. The van der Waals surface area contributed by atoms with Crippen LogP contribution in [0.5, 0.6) is 0 Å². The predicted molar refractivity (Wildman–Crippen MR) is 85.1 cm³/mol. The number of aryl methyl sites for hydroxylation is 1. The summed E-state index contributed by atoms with van der Waals surface area (Å²) in [7, 11) is 1.72. The number of aromatic nitrogens is 3. The summed E-state index contributed by atoms with van der Waals surface area (Å²) in [5.74, 6) is 1.71. The van der Waals surface area contributed by atoms with Crippen molar-refractivity contribution in [3.8, 4) is 0 Å². The van der Waals surface area contributed by atoms with Crippen molar-refractivity contribution in [3.63, 3.8) is 0 Å². The zero-order chi connectivity index (χ0) is 16.1. The molecule has 0 aromatic carbocycles. The van der Waals surface area contributed by atoms with E-state index in [2.05, 4.69) is 26.8 Å². The van der Waals surface area contributed by atoms with Crippen LogP contribution in [0.2, 0.25) is 0 Å². The van der Waals surface area contributed by atoms with Crippen molar-refractivity contribution in [2.75, 3.05) is 43.2 Å². The van der Waals surface area contributed by atoms with Gasteiger partial charge in [-0.1, -0.05) is 20.8 Å². The van der Waals surface area contributed by atoms with Gasteiger partial charge >= 0.3 is 0 Å². The number of hydrogen-bond donors (Lipinski definition) is 0. The molecule has 7 heteroatoms. The molecule has 0 bridgehead atoms. The summed E-state index contributed by atoms with van der Waals surface area (Å²) >= 11 is 0. The standard InChI is InChI=1S/C15H25N5O2/c1-5-6-12-16-14(19(4)13(21)11(2)3)18-15(17-12)20-7-9-22-10-8-20/h11H,5-10H2,1-4H3. The van der Waals surface area contributed by atoms with Crippen molar-refractivity contribution in [1.82, 2.24) is 15.0 Å². The molecule has 1 aromatic rings. The first-order chi connectivity index (χ1) is 10.5. The SMILES string of the molecule is CCCc1nc(N2CCOCC2)nc(N(C)C(=O)C(C)C)n1. The minimum Gasteiger partial charge on any atom is -0.378 e. The van der Waals surface area contributed by atoms with Gasteiger partial charge < -0.3 is 9.64 Å². The molecular weight excluding hydrogens is 282 g/mol. The van der Waals surface area contributed by atoms with E-state index in [0.29, 0.717) is 25.1 Å². The van der Waals surface area contributed by atoms with Gasteiger partial charge in [-0.3, -0.25) is 9.69 Å². The minimum atomic E-state index is -0.0942. The third kappa shape index (κ3) is 3.91. The van der Waals surface area contributed by atoms with Crippen LogP contribution in [0, 0.1) is 5.92 Å². The minimum absolute atomic E-state index is 0.00146. The highest BCUT2D eigenvalue weighted by molar-refractivity contribution is 5.92. The second kappa shape index (κ2) is 7.49. The molecule has 1 aliphatic rings. The quantitative estimate of drug-likeness (QED) is 0.816. The molecule has 22 heavy (non-hydrogen) atoms. The van der Waals surface area contributed by atoms with Crippen molar-refractivity contribution in [1.29, 1.82) is 0 Å². The van der Waals surface area contributed by atoms with E-state index in [9.17, 15) is 4.79 Å². The Hall–Kier alpha value is -1.76. The number of ether oxygens (including phenoxy) is 1. The van der Waals surface area contributed by atoms with E-state index in [1.807, 2.05) is 13.8 Å². The molecule has 0 N–H and O–H groups in total. The van der Waals surface area contributed by atoms with Gasteiger partial charge in [-0.05, 0) is 6.42 Å². The summed E-state index contributed by atoms with van der Waals surface area (Å²) < 4.78 is 5.37. The van der Waals surface area contributed by atoms with E-state index in [1.54, 1.807) is 7.05 Å². The van der Waals surface area contributed by atoms with Crippen LogP contribution < -0.4 is 9.80 Å². The monoisotopic (exact) mass is 307 g/mol. The summed E-state index contributed by atoms with van der Waals surface area (Å²) in [4.78, 5) is 29.3. The maximum atomic E-state index is 12.2. The maximum absolute atomic E-state index is 12.2. The highest BCUT2D eigenvalue weighted by Crippen LogP contribution is 2.17. The maximum Gasteiger partial charge on any atom is 0.236 e. The lowest BCUT2D eigenvalue weighted by Crippen LogP contribution is -2.38. The molecule has 0 unspecified atom stereocenters. The molecule has 0 spiro atoms. The van der Waals surface area contributed by atoms with Crippen molar-refractivity contribution in [2.45, 2.75) is 33.6 Å². The zero-order valence-corrected chi connectivity index (χ0v) is 13.9. The van der Waals surface area contributed by atoms with Gasteiger partial charge in [0.05, 0.1) is 13.2 Å². The molecule has 1 saturated heterocycles. The first kappa shape index (κ1) is 16.6. The Morgan fingerprint density at radius 3 is 2.55 bits per heavy atom. The average molecular weight is 307 g/mol. The van der Waals surface area contributed by atoms with Crippen molar-refractivity contribution in [2.24, 2.45) is 5.92 Å². The van der Waals surface area contributed by atoms with Crippen LogP contribution in [-0.4, -0.2) is 54.2 Å². The molecule has 2 heterocycles. The summed E-state index contributed by atoms with van der Waals surface area (Å²) in [6, 6.07) is 0. The molecule has 122 valence electrons. The number of nitrogens with zero attached hydrogens (tertiary/aromatic N) is 5. The Morgan fingerprint density at radius 2 is 1.95 bits per heavy atom. The number of rotatable bonds is 5. The van der Waals surface area contributed by atoms with E-state index in [4.69, 9.17) is 4.74 Å². The van der Waals surface area contributed by atoms with Crippen molar-refractivity contribution >= 4 is 17.8 Å². The van der Waals surface area contributed by atoms with Crippen LogP contribution in [0.1, 0.15) is 33.0 Å². The van der Waals surface area contributed by atoms with Crippen LogP contribution in [0.25, 0.3) is 0 Å². The largest absolute Gasteiger partial charge is 0.378 e. The summed E-state index contributed by atoms with van der Waals surface area (Å²) in [6.07, 6.45) is 1.73. The number of anilines is 2. The number of morpholine rings is 1. The Labute approximate surface area is 131 Å². The predicted octanol–water partition coefficient (Wildman–Crippen LogP) is 1.28. The van der Waals surface area contributed by atoms with Crippen LogP contribution in [0.15, 0.2) is 0 Å². The van der Waals surface area contributed by atoms with Crippen molar-refractivity contribution in [3.05, 3.63) is 5.82 Å². The van der Waals surface area contributed by atoms with Gasteiger partial charge in [0, 0.05) is 32.5 Å². The highest BCUT2D eigenvalue weighted by Gasteiger charge is 2.21. The molecule has 2 rings (SSSR count). The fraction of sp³-hybridized carbons (Fsp3) is 0.733. The number of carbonyl (C=O) groups excluding carboxylic acids is 1. The third-order valence-electron chi connectivity index (χ3n) is 3.55. The second-order valence-corrected chi connectivity index (χ2v) is 5.75. The topological polar surface area (TPSA) is 71.5 Å². The Morgan fingerprint density at radius 1 is 1.27 bits per heavy atom. The van der Waals surface area contributed by atoms with Gasteiger partial charge in [0.25, 0.3) is 0 Å². The molecule has 1 amide bonds. The lowest BCUT2D eigenvalue weighted by atomic mass is 10.2. The first-order valence-corrected chi connectivity index (χ1v) is 7.88. The van der Waals surface area contributed by atoms with Gasteiger partial charge in [-0.2, -0.15) is 15.0 Å². The number of carbonyl (C=O) groups is 1. The van der Waals surface area contributed by atoms with E-state index in [1.165, 1.54) is 4.90 Å². The van der Waals surface area contributed by atoms with E-state index in [-0.39, 0.29) is 11.8 Å². The smallest absolute Gasteiger partial charge is 0.236 e. The molecule has 0 radical (unpaired) electrons. The fourth-order valence-corrected chi connectivity index (χ4v) is 2.27. The van der Waals surface area contributed by atoms with Gasteiger partial charge in [-0.25, -0.2) is 0 Å². The molecule has 0 atom stereocenters. The van der Waals surface area contributed by atoms with Gasteiger partial charge in [0.1, 0.15) is 5.82 Å². The number of hydrogen-bond acceptors (Lipinski definition) is 6. The normalized spacial score (nSPS) is 15.2. The lowest BCUT2D eigenvalue weighted by Gasteiger charge is -2.28. The summed E-state index contributed by atoms with van der Waals surface area (Å²) in [5.41, 5.74) is 0. The zero-order valence-electron chi connectivity index (χ0n) is 13.9. The van der Waals surface area contributed by atoms with E-state index < -0.39 is 0 Å². The van der Waals surface area contributed by atoms with Crippen LogP contribution in [-0.2, 0) is 16.0 Å². The lowest BCUT2D eigenvalue weighted by molar-refractivity contribution is -0.121. The van der Waals surface area contributed by atoms with Crippen molar-refractivity contribution < 1.29 is 9.53 Å². The fourth-order valence-electron chi connectivity index (χ4n) is 2.27. The molecule has 1 aromatic heterocycles. The molecule has 0 saturated carbocycles. The van der Waals surface area contributed by atoms with Gasteiger partial charge in [-0.15, -0.1) is 0 Å². The molecule has 7 nitrogen and oxygen atoms in total. The van der Waals surface area contributed by atoms with E-state index >= 15 is 0 Å². The second-order valence-electron chi connectivity index (χ2n) is 5.75. The Bertz CT molecular complexity index is 515. The third-order valence-corrected chi connectivity index (χ3v) is 3.55. The highest BCUT2D eigenvalue weighted by atomic mass is 16.5. The molecular formula is C15H25N5O2. The summed E-state index contributed by atoms with van der Waals surface area (Å²) in [6.45, 7) is 8.69. The molecule has 0 aliphatic carbocycles. The first-order valence-electron chi connectivity index (χ1n) is 7.88. The van der Waals surface area contributed by atoms with Gasteiger partial charge in [0.15, 0.2) is 0 Å². The molecule has 1 aliphatic heterocycles. The van der Waals surface area contributed by atoms with Crippen LogP contribution in [0.3, 0.4) is 0 Å². The van der Waals surface area contributed by atoms with Crippen LogP contribution in [0.4, 0.5) is 11.9 Å². The van der Waals surface area contributed by atoms with Crippen LogP contribution >= 0.6 is 0 Å². The Balaban J connectivity index is 2.31. The molecule has 1 fully saturated rings. The average Bonchev–Trinajstić information content (AvgIpc) is 2.54. The van der Waals surface area contributed by atoms with Gasteiger partial charge in [0.2, 0.25) is 17.8 Å².